The number of nitrogens with zero attached hydrogens (tertiary/aromatic N) is 3. The molecule has 2 aromatic rings. The van der Waals surface area contributed by atoms with Gasteiger partial charge in [-0.3, -0.25) is 0 Å². The highest BCUT2D eigenvalue weighted by Gasteiger charge is 2.30. The first-order chi connectivity index (χ1) is 11.7. The number of sulfonamides is 1. The number of rotatable bonds is 6. The Kier molecular flexibility index (Phi) is 5.42. The van der Waals surface area contributed by atoms with Gasteiger partial charge in [-0.05, 0) is 24.3 Å². The molecule has 0 radical (unpaired) electrons. The van der Waals surface area contributed by atoms with Crippen molar-refractivity contribution in [2.75, 3.05) is 14.2 Å². The maximum atomic E-state index is 12.5. The SMILES string of the molecule is COc1nc(CNS(=O)(=O)c2ccc(C(F)(F)F)cc2)nc(OC)n1. The van der Waals surface area contributed by atoms with Gasteiger partial charge in [0.05, 0.1) is 31.2 Å². The van der Waals surface area contributed by atoms with Crippen LogP contribution in [0, 0.1) is 0 Å². The Hall–Kier alpha value is -2.47. The molecule has 1 N–H and O–H groups in total. The van der Waals surface area contributed by atoms with Crippen LogP contribution < -0.4 is 14.2 Å². The van der Waals surface area contributed by atoms with Crippen molar-refractivity contribution in [3.63, 3.8) is 0 Å². The van der Waals surface area contributed by atoms with Crippen LogP contribution in [0.15, 0.2) is 29.2 Å². The molecule has 1 aromatic heterocycles. The quantitative estimate of drug-likeness (QED) is 0.810. The van der Waals surface area contributed by atoms with Gasteiger partial charge < -0.3 is 9.47 Å². The molecular weight excluding hydrogens is 365 g/mol. The smallest absolute Gasteiger partial charge is 0.416 e. The molecule has 0 saturated heterocycles. The van der Waals surface area contributed by atoms with Crippen molar-refractivity contribution < 1.29 is 31.1 Å². The summed E-state index contributed by atoms with van der Waals surface area (Å²) in [4.78, 5) is 11.1. The summed E-state index contributed by atoms with van der Waals surface area (Å²) in [5.41, 5.74) is -0.946. The maximum Gasteiger partial charge on any atom is 0.416 e. The highest BCUT2D eigenvalue weighted by atomic mass is 32.2. The largest absolute Gasteiger partial charge is 0.467 e. The van der Waals surface area contributed by atoms with Gasteiger partial charge in [0.1, 0.15) is 0 Å². The third-order valence-corrected chi connectivity index (χ3v) is 4.34. The fourth-order valence-corrected chi connectivity index (χ4v) is 2.69. The molecule has 136 valence electrons. The van der Waals surface area contributed by atoms with Crippen LogP contribution in [-0.2, 0) is 22.7 Å². The summed E-state index contributed by atoms with van der Waals surface area (Å²) >= 11 is 0. The summed E-state index contributed by atoms with van der Waals surface area (Å²) in [6.45, 7) is -0.335. The molecule has 0 unspecified atom stereocenters. The second kappa shape index (κ2) is 7.19. The third kappa shape index (κ3) is 4.76. The van der Waals surface area contributed by atoms with E-state index in [1.54, 1.807) is 0 Å². The van der Waals surface area contributed by atoms with Gasteiger partial charge in [-0.1, -0.05) is 0 Å². The Morgan fingerprint density at radius 1 is 1.00 bits per heavy atom. The number of alkyl halides is 3. The lowest BCUT2D eigenvalue weighted by molar-refractivity contribution is -0.137. The predicted molar refractivity (Wildman–Crippen MR) is 78.4 cm³/mol. The molecule has 2 rings (SSSR count). The average molecular weight is 378 g/mol. The number of hydrogen-bond acceptors (Lipinski definition) is 7. The topological polar surface area (TPSA) is 103 Å². The standard InChI is InChI=1S/C13H13F3N4O4S/c1-23-11-18-10(19-12(20-11)24-2)7-17-25(21,22)9-5-3-8(4-6-9)13(14,15)16/h3-6,17H,7H2,1-2H3. The first-order valence-corrected chi connectivity index (χ1v) is 8.14. The molecule has 0 aliphatic heterocycles. The predicted octanol–water partition coefficient (Wildman–Crippen LogP) is 1.39. The monoisotopic (exact) mass is 378 g/mol. The summed E-state index contributed by atoms with van der Waals surface area (Å²) in [5, 5.41) is 0. The lowest BCUT2D eigenvalue weighted by atomic mass is 10.2. The highest BCUT2D eigenvalue weighted by Crippen LogP contribution is 2.29. The summed E-state index contributed by atoms with van der Waals surface area (Å²) in [6.07, 6.45) is -4.55. The molecule has 8 nitrogen and oxygen atoms in total. The minimum atomic E-state index is -4.55. The van der Waals surface area contributed by atoms with E-state index in [1.807, 2.05) is 0 Å². The normalized spacial score (nSPS) is 12.0. The summed E-state index contributed by atoms with van der Waals surface area (Å²) in [5.74, 6) is 0.0131. The molecule has 0 atom stereocenters. The molecule has 0 aliphatic carbocycles. The molecule has 0 amide bonds. The molecule has 0 fully saturated rings. The van der Waals surface area contributed by atoms with E-state index in [-0.39, 0.29) is 29.3 Å². The van der Waals surface area contributed by atoms with Crippen LogP contribution in [0.5, 0.6) is 12.0 Å². The molecule has 0 spiro atoms. The Labute approximate surface area is 141 Å². The van der Waals surface area contributed by atoms with E-state index in [0.29, 0.717) is 12.1 Å². The van der Waals surface area contributed by atoms with Gasteiger partial charge in [-0.25, -0.2) is 13.1 Å². The molecule has 0 saturated carbocycles. The van der Waals surface area contributed by atoms with Crippen molar-refractivity contribution in [3.8, 4) is 12.0 Å². The van der Waals surface area contributed by atoms with Crippen molar-refractivity contribution in [2.45, 2.75) is 17.6 Å². The molecular formula is C13H13F3N4O4S. The van der Waals surface area contributed by atoms with Crippen molar-refractivity contribution in [3.05, 3.63) is 35.7 Å². The van der Waals surface area contributed by atoms with Crippen LogP contribution in [0.4, 0.5) is 13.2 Å². The van der Waals surface area contributed by atoms with Crippen LogP contribution in [0.25, 0.3) is 0 Å². The van der Waals surface area contributed by atoms with Crippen LogP contribution in [0.1, 0.15) is 11.4 Å². The number of benzene rings is 1. The van der Waals surface area contributed by atoms with E-state index in [4.69, 9.17) is 9.47 Å². The summed E-state index contributed by atoms with van der Waals surface area (Å²) in [6, 6.07) is 2.94. The van der Waals surface area contributed by atoms with Gasteiger partial charge in [0.15, 0.2) is 5.82 Å². The summed E-state index contributed by atoms with van der Waals surface area (Å²) < 4.78 is 73.7. The number of aromatic nitrogens is 3. The molecule has 1 aromatic carbocycles. The highest BCUT2D eigenvalue weighted by molar-refractivity contribution is 7.89. The first-order valence-electron chi connectivity index (χ1n) is 6.65. The third-order valence-electron chi connectivity index (χ3n) is 2.92. The Bertz CT molecular complexity index is 819. The molecule has 12 heteroatoms. The minimum absolute atomic E-state index is 0.0131. The summed E-state index contributed by atoms with van der Waals surface area (Å²) in [7, 11) is -1.44. The van der Waals surface area contributed by atoms with Crippen molar-refractivity contribution >= 4 is 10.0 Å². The lowest BCUT2D eigenvalue weighted by Crippen LogP contribution is -2.24. The first kappa shape index (κ1) is 18.9. The van der Waals surface area contributed by atoms with Crippen molar-refractivity contribution in [2.24, 2.45) is 0 Å². The zero-order valence-corrected chi connectivity index (χ0v) is 13.8. The Balaban J connectivity index is 2.17. The zero-order chi connectivity index (χ0) is 18.7. The van der Waals surface area contributed by atoms with Gasteiger partial charge in [0.2, 0.25) is 10.0 Å². The number of ether oxygens (including phenoxy) is 2. The maximum absolute atomic E-state index is 12.5. The Morgan fingerprint density at radius 3 is 1.96 bits per heavy atom. The molecule has 1 heterocycles. The van der Waals surface area contributed by atoms with Crippen LogP contribution >= 0.6 is 0 Å². The minimum Gasteiger partial charge on any atom is -0.467 e. The van der Waals surface area contributed by atoms with Gasteiger partial charge in [-0.2, -0.15) is 23.1 Å². The number of nitrogens with one attached hydrogen (secondary N) is 1. The van der Waals surface area contributed by atoms with Crippen molar-refractivity contribution in [1.82, 2.24) is 19.7 Å². The fraction of sp³-hybridized carbons (Fsp3) is 0.308. The Morgan fingerprint density at radius 2 is 1.52 bits per heavy atom. The molecule has 0 aliphatic rings. The molecule has 25 heavy (non-hydrogen) atoms. The van der Waals surface area contributed by atoms with Crippen molar-refractivity contribution in [1.29, 1.82) is 0 Å². The van der Waals surface area contributed by atoms with Crippen LogP contribution in [0.2, 0.25) is 0 Å². The van der Waals surface area contributed by atoms with Gasteiger partial charge in [0, 0.05) is 0 Å². The molecule has 0 bridgehead atoms. The number of methoxy groups -OCH3 is 2. The number of hydrogen-bond donors (Lipinski definition) is 1. The van der Waals surface area contributed by atoms with E-state index >= 15 is 0 Å². The fourth-order valence-electron chi connectivity index (χ4n) is 1.71. The van der Waals surface area contributed by atoms with E-state index in [1.165, 1.54) is 14.2 Å². The van der Waals surface area contributed by atoms with E-state index < -0.39 is 21.8 Å². The number of halogens is 3. The van der Waals surface area contributed by atoms with Gasteiger partial charge in [-0.15, -0.1) is 4.98 Å². The van der Waals surface area contributed by atoms with Gasteiger partial charge in [0.25, 0.3) is 0 Å². The van der Waals surface area contributed by atoms with Crippen LogP contribution in [0.3, 0.4) is 0 Å². The second-order valence-electron chi connectivity index (χ2n) is 4.57. The average Bonchev–Trinajstić information content (AvgIpc) is 2.59. The van der Waals surface area contributed by atoms with Crippen LogP contribution in [-0.4, -0.2) is 37.6 Å². The zero-order valence-electron chi connectivity index (χ0n) is 13.0. The van der Waals surface area contributed by atoms with E-state index in [2.05, 4.69) is 19.7 Å². The van der Waals surface area contributed by atoms with Gasteiger partial charge >= 0.3 is 18.2 Å². The second-order valence-corrected chi connectivity index (χ2v) is 6.34. The van der Waals surface area contributed by atoms with E-state index in [9.17, 15) is 21.6 Å². The lowest BCUT2D eigenvalue weighted by Gasteiger charge is -2.09. The van der Waals surface area contributed by atoms with E-state index in [0.717, 1.165) is 12.1 Å².